The quantitative estimate of drug-likeness (QED) is 0.721. The molecular weight excluding hydrogens is 206 g/mol. The molecule has 0 aromatic heterocycles. The van der Waals surface area contributed by atoms with Crippen molar-refractivity contribution in [2.24, 2.45) is 0 Å². The van der Waals surface area contributed by atoms with Crippen LogP contribution in [-0.4, -0.2) is 29.1 Å². The summed E-state index contributed by atoms with van der Waals surface area (Å²) >= 11 is 4.42. The molecule has 3 heteroatoms. The first-order chi connectivity index (χ1) is 7.27. The highest BCUT2D eigenvalue weighted by Crippen LogP contribution is 2.17. The number of thiol groups is 1. The third kappa shape index (κ3) is 2.53. The van der Waals surface area contributed by atoms with E-state index in [4.69, 9.17) is 0 Å². The van der Waals surface area contributed by atoms with E-state index in [1.807, 2.05) is 35.2 Å². The van der Waals surface area contributed by atoms with Gasteiger partial charge in [0.05, 0.1) is 0 Å². The molecule has 0 saturated carbocycles. The van der Waals surface area contributed by atoms with E-state index in [0.29, 0.717) is 5.25 Å². The molecule has 0 bridgehead atoms. The molecule has 0 N–H and O–H groups in total. The van der Waals surface area contributed by atoms with Gasteiger partial charge in [-0.3, -0.25) is 4.79 Å². The van der Waals surface area contributed by atoms with Crippen LogP contribution in [0.4, 0.5) is 0 Å². The van der Waals surface area contributed by atoms with Crippen molar-refractivity contribution < 1.29 is 4.79 Å². The van der Waals surface area contributed by atoms with Gasteiger partial charge in [0.25, 0.3) is 5.91 Å². The smallest absolute Gasteiger partial charge is 0.253 e. The Morgan fingerprint density at radius 1 is 1.20 bits per heavy atom. The molecule has 1 saturated heterocycles. The number of hydrogen-bond donors (Lipinski definition) is 1. The summed E-state index contributed by atoms with van der Waals surface area (Å²) in [5, 5.41) is 0.463. The fourth-order valence-electron chi connectivity index (χ4n) is 1.83. The predicted octanol–water partition coefficient (Wildman–Crippen LogP) is 2.22. The van der Waals surface area contributed by atoms with Crippen molar-refractivity contribution >= 4 is 18.5 Å². The second-order valence-electron chi connectivity index (χ2n) is 3.89. The van der Waals surface area contributed by atoms with E-state index in [1.54, 1.807) is 0 Å². The second kappa shape index (κ2) is 4.71. The van der Waals surface area contributed by atoms with E-state index in [2.05, 4.69) is 12.6 Å². The number of carbonyl (C=O) groups is 1. The average Bonchev–Trinajstić information content (AvgIpc) is 2.30. The van der Waals surface area contributed by atoms with Gasteiger partial charge in [0.15, 0.2) is 0 Å². The first-order valence-corrected chi connectivity index (χ1v) is 5.81. The van der Waals surface area contributed by atoms with Gasteiger partial charge in [0, 0.05) is 23.9 Å². The molecule has 0 unspecified atom stereocenters. The Morgan fingerprint density at radius 3 is 2.40 bits per heavy atom. The number of nitrogens with zero attached hydrogens (tertiary/aromatic N) is 1. The summed E-state index contributed by atoms with van der Waals surface area (Å²) in [6.45, 7) is 1.67. The highest BCUT2D eigenvalue weighted by atomic mass is 32.1. The molecule has 15 heavy (non-hydrogen) atoms. The lowest BCUT2D eigenvalue weighted by atomic mass is 10.1. The maximum Gasteiger partial charge on any atom is 0.253 e. The number of benzene rings is 1. The molecule has 80 valence electrons. The van der Waals surface area contributed by atoms with Gasteiger partial charge in [0.1, 0.15) is 0 Å². The Morgan fingerprint density at radius 2 is 1.80 bits per heavy atom. The molecule has 1 amide bonds. The predicted molar refractivity (Wildman–Crippen MR) is 64.4 cm³/mol. The van der Waals surface area contributed by atoms with Crippen molar-refractivity contribution in [1.82, 2.24) is 4.90 Å². The lowest BCUT2D eigenvalue weighted by Gasteiger charge is -2.29. The van der Waals surface area contributed by atoms with Crippen molar-refractivity contribution in [3.63, 3.8) is 0 Å². The van der Waals surface area contributed by atoms with Gasteiger partial charge in [-0.15, -0.1) is 0 Å². The maximum atomic E-state index is 12.0. The molecular formula is C12H15NOS. The maximum absolute atomic E-state index is 12.0. The zero-order valence-corrected chi connectivity index (χ0v) is 9.49. The van der Waals surface area contributed by atoms with E-state index in [0.717, 1.165) is 31.5 Å². The van der Waals surface area contributed by atoms with Crippen LogP contribution in [-0.2, 0) is 0 Å². The summed E-state index contributed by atoms with van der Waals surface area (Å²) < 4.78 is 0. The van der Waals surface area contributed by atoms with E-state index in [1.165, 1.54) is 0 Å². The van der Waals surface area contributed by atoms with Gasteiger partial charge in [-0.25, -0.2) is 0 Å². The number of hydrogen-bond acceptors (Lipinski definition) is 2. The van der Waals surface area contributed by atoms with Gasteiger partial charge < -0.3 is 4.90 Å². The normalized spacial score (nSPS) is 17.8. The molecule has 1 heterocycles. The standard InChI is InChI=1S/C12H15NOS/c14-12(10-4-2-1-3-5-10)13-8-6-11(15)7-9-13/h1-5,11,15H,6-9H2. The van der Waals surface area contributed by atoms with Crippen molar-refractivity contribution in [2.45, 2.75) is 18.1 Å². The van der Waals surface area contributed by atoms with Crippen LogP contribution in [0.2, 0.25) is 0 Å². The van der Waals surface area contributed by atoms with E-state index in [9.17, 15) is 4.79 Å². The molecule has 2 nitrogen and oxygen atoms in total. The minimum Gasteiger partial charge on any atom is -0.339 e. The molecule has 1 aromatic rings. The summed E-state index contributed by atoms with van der Waals surface area (Å²) in [6.07, 6.45) is 2.00. The number of amides is 1. The van der Waals surface area contributed by atoms with Crippen molar-refractivity contribution in [3.05, 3.63) is 35.9 Å². The van der Waals surface area contributed by atoms with Crippen LogP contribution >= 0.6 is 12.6 Å². The average molecular weight is 221 g/mol. The summed E-state index contributed by atoms with van der Waals surface area (Å²) in [5.74, 6) is 0.149. The van der Waals surface area contributed by atoms with E-state index in [-0.39, 0.29) is 5.91 Å². The second-order valence-corrected chi connectivity index (χ2v) is 4.62. The molecule has 1 aliphatic rings. The highest BCUT2D eigenvalue weighted by molar-refractivity contribution is 7.80. The van der Waals surface area contributed by atoms with Gasteiger partial charge in [-0.1, -0.05) is 18.2 Å². The summed E-state index contributed by atoms with van der Waals surface area (Å²) in [5.41, 5.74) is 0.787. The zero-order valence-electron chi connectivity index (χ0n) is 8.60. The van der Waals surface area contributed by atoms with Gasteiger partial charge in [0.2, 0.25) is 0 Å². The fourth-order valence-corrected chi connectivity index (χ4v) is 2.06. The monoisotopic (exact) mass is 221 g/mol. The first-order valence-electron chi connectivity index (χ1n) is 5.30. The third-order valence-corrected chi connectivity index (χ3v) is 3.29. The first kappa shape index (κ1) is 10.6. The van der Waals surface area contributed by atoms with Gasteiger partial charge in [-0.2, -0.15) is 12.6 Å². The van der Waals surface area contributed by atoms with Crippen LogP contribution in [0.3, 0.4) is 0 Å². The molecule has 1 aromatic carbocycles. The van der Waals surface area contributed by atoms with E-state index >= 15 is 0 Å². The molecule has 2 rings (SSSR count). The summed E-state index contributed by atoms with van der Waals surface area (Å²) in [6, 6.07) is 9.47. The SMILES string of the molecule is O=C(c1ccccc1)N1CCC(S)CC1. The number of likely N-dealkylation sites (tertiary alicyclic amines) is 1. The zero-order chi connectivity index (χ0) is 10.7. The van der Waals surface area contributed by atoms with Crippen molar-refractivity contribution in [2.75, 3.05) is 13.1 Å². The Kier molecular flexibility index (Phi) is 3.31. The van der Waals surface area contributed by atoms with Gasteiger partial charge >= 0.3 is 0 Å². The minimum absolute atomic E-state index is 0.149. The van der Waals surface area contributed by atoms with Crippen molar-refractivity contribution in [3.8, 4) is 0 Å². The van der Waals surface area contributed by atoms with Crippen LogP contribution in [0.25, 0.3) is 0 Å². The topological polar surface area (TPSA) is 20.3 Å². The summed E-state index contributed by atoms with van der Waals surface area (Å²) in [4.78, 5) is 13.9. The molecule has 1 fully saturated rings. The minimum atomic E-state index is 0.149. The number of piperidine rings is 1. The van der Waals surface area contributed by atoms with Crippen LogP contribution < -0.4 is 0 Å². The van der Waals surface area contributed by atoms with Crippen LogP contribution in [0.1, 0.15) is 23.2 Å². The van der Waals surface area contributed by atoms with Crippen LogP contribution in [0.5, 0.6) is 0 Å². The van der Waals surface area contributed by atoms with Crippen LogP contribution in [0.15, 0.2) is 30.3 Å². The Bertz CT molecular complexity index is 331. The lowest BCUT2D eigenvalue weighted by Crippen LogP contribution is -2.38. The van der Waals surface area contributed by atoms with Crippen molar-refractivity contribution in [1.29, 1.82) is 0 Å². The Balaban J connectivity index is 2.03. The summed E-state index contributed by atoms with van der Waals surface area (Å²) in [7, 11) is 0. The fraction of sp³-hybridized carbons (Fsp3) is 0.417. The number of carbonyl (C=O) groups excluding carboxylic acids is 1. The number of rotatable bonds is 1. The van der Waals surface area contributed by atoms with Crippen LogP contribution in [0, 0.1) is 0 Å². The van der Waals surface area contributed by atoms with Gasteiger partial charge in [-0.05, 0) is 25.0 Å². The van der Waals surface area contributed by atoms with E-state index < -0.39 is 0 Å². The molecule has 0 atom stereocenters. The Hall–Kier alpha value is -0.960. The third-order valence-electron chi connectivity index (χ3n) is 2.77. The lowest BCUT2D eigenvalue weighted by molar-refractivity contribution is 0.0728. The largest absolute Gasteiger partial charge is 0.339 e. The molecule has 0 radical (unpaired) electrons. The molecule has 0 spiro atoms. The highest BCUT2D eigenvalue weighted by Gasteiger charge is 2.21. The molecule has 1 aliphatic heterocycles. The Labute approximate surface area is 95.7 Å². The molecule has 0 aliphatic carbocycles.